The van der Waals surface area contributed by atoms with Gasteiger partial charge in [0.15, 0.2) is 0 Å². The summed E-state index contributed by atoms with van der Waals surface area (Å²) < 4.78 is 0. The Balaban J connectivity index is 2.12. The largest absolute Gasteiger partial charge is 0.396 e. The number of fused-ring (bicyclic) bond motifs is 2. The number of aliphatic hydroxyl groups excluding tert-OH is 1. The summed E-state index contributed by atoms with van der Waals surface area (Å²) in [6.45, 7) is 3.95. The molecule has 2 unspecified atom stereocenters. The Bertz CT molecular complexity index is 324. The molecule has 4 nitrogen and oxygen atoms in total. The van der Waals surface area contributed by atoms with E-state index in [2.05, 4.69) is 21.5 Å². The van der Waals surface area contributed by atoms with Crippen LogP contribution in [0.5, 0.6) is 0 Å². The van der Waals surface area contributed by atoms with Crippen molar-refractivity contribution in [3.8, 4) is 0 Å². The summed E-state index contributed by atoms with van der Waals surface area (Å²) in [4.78, 5) is 11.0. The van der Waals surface area contributed by atoms with Crippen LogP contribution in [0.3, 0.4) is 0 Å². The van der Waals surface area contributed by atoms with Gasteiger partial charge in [0.1, 0.15) is 0 Å². The van der Waals surface area contributed by atoms with Crippen LogP contribution in [-0.2, 0) is 0 Å². The minimum absolute atomic E-state index is 0.315. The van der Waals surface area contributed by atoms with E-state index in [1.807, 2.05) is 0 Å². The smallest absolute Gasteiger partial charge is 0.220 e. The molecule has 17 heavy (non-hydrogen) atoms. The highest BCUT2D eigenvalue weighted by Gasteiger charge is 2.41. The Morgan fingerprint density at radius 3 is 2.53 bits per heavy atom. The fraction of sp³-hybridized carbons (Fsp3) is 0.692. The van der Waals surface area contributed by atoms with Gasteiger partial charge in [-0.1, -0.05) is 12.7 Å². The van der Waals surface area contributed by atoms with Crippen molar-refractivity contribution in [1.82, 2.24) is 4.90 Å². The minimum atomic E-state index is 0.315. The van der Waals surface area contributed by atoms with Gasteiger partial charge in [0.2, 0.25) is 5.96 Å². The monoisotopic (exact) mass is 235 g/mol. The number of aliphatic imine (C=N–C) groups is 2. The second-order valence-electron chi connectivity index (χ2n) is 4.85. The molecule has 2 aliphatic rings. The lowest BCUT2D eigenvalue weighted by Gasteiger charge is -2.38. The van der Waals surface area contributed by atoms with Crippen LogP contribution in [0.4, 0.5) is 0 Å². The lowest BCUT2D eigenvalue weighted by Crippen LogP contribution is -2.46. The zero-order valence-corrected chi connectivity index (χ0v) is 10.4. The van der Waals surface area contributed by atoms with E-state index >= 15 is 0 Å². The molecule has 2 aliphatic heterocycles. The Hall–Kier alpha value is -1.16. The molecule has 0 aromatic heterocycles. The van der Waals surface area contributed by atoms with E-state index in [9.17, 15) is 5.11 Å². The summed E-state index contributed by atoms with van der Waals surface area (Å²) in [5, 5.41) is 9.29. The zero-order chi connectivity index (χ0) is 12.3. The highest BCUT2D eigenvalue weighted by molar-refractivity contribution is 5.91. The molecule has 0 saturated carbocycles. The summed E-state index contributed by atoms with van der Waals surface area (Å²) in [6, 6.07) is 1.01. The van der Waals surface area contributed by atoms with Gasteiger partial charge in [0.25, 0.3) is 0 Å². The molecule has 2 rings (SSSR count). The number of hydrogen-bond donors (Lipinski definition) is 1. The van der Waals surface area contributed by atoms with Crippen LogP contribution in [0.2, 0.25) is 0 Å². The third kappa shape index (κ3) is 2.41. The summed E-state index contributed by atoms with van der Waals surface area (Å²) in [6.07, 6.45) is 7.90. The summed E-state index contributed by atoms with van der Waals surface area (Å²) in [7, 11) is 1.79. The van der Waals surface area contributed by atoms with E-state index in [-0.39, 0.29) is 0 Å². The van der Waals surface area contributed by atoms with Gasteiger partial charge in [-0.05, 0) is 31.6 Å². The van der Waals surface area contributed by atoms with Crippen LogP contribution in [-0.4, -0.2) is 47.9 Å². The van der Waals surface area contributed by atoms with E-state index in [4.69, 9.17) is 0 Å². The van der Waals surface area contributed by atoms with Gasteiger partial charge in [0.05, 0.1) is 0 Å². The average molecular weight is 235 g/mol. The first kappa shape index (κ1) is 12.3. The number of aliphatic hydroxyl groups is 1. The molecule has 2 bridgehead atoms. The molecule has 4 heteroatoms. The van der Waals surface area contributed by atoms with E-state index in [1.165, 1.54) is 12.8 Å². The van der Waals surface area contributed by atoms with Crippen LogP contribution >= 0.6 is 0 Å². The van der Waals surface area contributed by atoms with Crippen molar-refractivity contribution in [3.05, 3.63) is 12.7 Å². The normalized spacial score (nSPS) is 33.4. The van der Waals surface area contributed by atoms with Gasteiger partial charge in [-0.2, -0.15) is 0 Å². The second-order valence-corrected chi connectivity index (χ2v) is 4.85. The first-order chi connectivity index (χ1) is 8.30. The van der Waals surface area contributed by atoms with Gasteiger partial charge in [-0.25, -0.2) is 4.99 Å². The maximum absolute atomic E-state index is 9.29. The zero-order valence-electron chi connectivity index (χ0n) is 10.4. The third-order valence-electron chi connectivity index (χ3n) is 3.82. The SMILES string of the molecule is C=C/C=N\C(=NC)N1C2CCC1CC(CO)C2. The number of rotatable bonds is 2. The van der Waals surface area contributed by atoms with Gasteiger partial charge in [0, 0.05) is 32.0 Å². The topological polar surface area (TPSA) is 48.2 Å². The average Bonchev–Trinajstić information content (AvgIpc) is 2.62. The minimum Gasteiger partial charge on any atom is -0.396 e. The van der Waals surface area contributed by atoms with Crippen molar-refractivity contribution < 1.29 is 5.11 Å². The molecule has 2 atom stereocenters. The Kier molecular flexibility index (Phi) is 3.94. The van der Waals surface area contributed by atoms with Crippen molar-refractivity contribution in [2.75, 3.05) is 13.7 Å². The van der Waals surface area contributed by atoms with Crippen molar-refractivity contribution in [3.63, 3.8) is 0 Å². The number of guanidine groups is 1. The molecule has 94 valence electrons. The van der Waals surface area contributed by atoms with Gasteiger partial charge >= 0.3 is 0 Å². The van der Waals surface area contributed by atoms with Crippen LogP contribution in [0, 0.1) is 5.92 Å². The fourth-order valence-corrected chi connectivity index (χ4v) is 3.12. The number of allylic oxidation sites excluding steroid dienone is 1. The maximum atomic E-state index is 9.29. The van der Waals surface area contributed by atoms with Crippen molar-refractivity contribution in [2.45, 2.75) is 37.8 Å². The Morgan fingerprint density at radius 2 is 2.06 bits per heavy atom. The molecule has 0 spiro atoms. The summed E-state index contributed by atoms with van der Waals surface area (Å²) in [5.74, 6) is 1.28. The molecule has 2 saturated heterocycles. The molecular weight excluding hydrogens is 214 g/mol. The quantitative estimate of drug-likeness (QED) is 0.582. The summed E-state index contributed by atoms with van der Waals surface area (Å²) >= 11 is 0. The second kappa shape index (κ2) is 5.45. The Morgan fingerprint density at radius 1 is 1.41 bits per heavy atom. The first-order valence-corrected chi connectivity index (χ1v) is 6.31. The standard InChI is InChI=1S/C13H21N3O/c1-3-6-15-13(14-2)16-11-4-5-12(16)8-10(7-11)9-17/h3,6,10-12,17H,1,4-5,7-9H2,2H3/b14-13?,15-6-. The number of nitrogens with zero attached hydrogens (tertiary/aromatic N) is 3. The molecule has 0 amide bonds. The van der Waals surface area contributed by atoms with Crippen molar-refractivity contribution in [1.29, 1.82) is 0 Å². The fourth-order valence-electron chi connectivity index (χ4n) is 3.12. The molecule has 1 N–H and O–H groups in total. The number of piperidine rings is 1. The van der Waals surface area contributed by atoms with Crippen molar-refractivity contribution >= 4 is 12.2 Å². The first-order valence-electron chi connectivity index (χ1n) is 6.31. The molecule has 2 fully saturated rings. The molecular formula is C13H21N3O. The van der Waals surface area contributed by atoms with E-state index < -0.39 is 0 Å². The molecule has 2 heterocycles. The van der Waals surface area contributed by atoms with Crippen LogP contribution in [0.15, 0.2) is 22.6 Å². The summed E-state index contributed by atoms with van der Waals surface area (Å²) in [5.41, 5.74) is 0. The van der Waals surface area contributed by atoms with Gasteiger partial charge < -0.3 is 10.0 Å². The lowest BCUT2D eigenvalue weighted by atomic mass is 9.92. The van der Waals surface area contributed by atoms with Crippen molar-refractivity contribution in [2.24, 2.45) is 15.9 Å². The highest BCUT2D eigenvalue weighted by Crippen LogP contribution is 2.38. The van der Waals surface area contributed by atoms with Gasteiger partial charge in [-0.3, -0.25) is 4.99 Å². The predicted octanol–water partition coefficient (Wildman–Crippen LogP) is 1.46. The van der Waals surface area contributed by atoms with E-state index in [0.29, 0.717) is 24.6 Å². The molecule has 0 radical (unpaired) electrons. The molecule has 0 aromatic rings. The number of hydrogen-bond acceptors (Lipinski definition) is 2. The molecule has 0 aromatic carbocycles. The maximum Gasteiger partial charge on any atom is 0.220 e. The van der Waals surface area contributed by atoms with E-state index in [1.54, 1.807) is 19.3 Å². The third-order valence-corrected chi connectivity index (χ3v) is 3.82. The lowest BCUT2D eigenvalue weighted by molar-refractivity contribution is 0.121. The van der Waals surface area contributed by atoms with Crippen LogP contribution in [0.1, 0.15) is 25.7 Å². The van der Waals surface area contributed by atoms with Crippen LogP contribution in [0.25, 0.3) is 0 Å². The predicted molar refractivity (Wildman–Crippen MR) is 70.5 cm³/mol. The van der Waals surface area contributed by atoms with Crippen LogP contribution < -0.4 is 0 Å². The van der Waals surface area contributed by atoms with Gasteiger partial charge in [-0.15, -0.1) is 0 Å². The highest BCUT2D eigenvalue weighted by atomic mass is 16.3. The molecule has 0 aliphatic carbocycles. The van der Waals surface area contributed by atoms with E-state index in [0.717, 1.165) is 18.8 Å². The Labute approximate surface area is 103 Å².